The third-order valence-electron chi connectivity index (χ3n) is 5.47. The summed E-state index contributed by atoms with van der Waals surface area (Å²) in [6, 6.07) is 6.09. The van der Waals surface area contributed by atoms with E-state index in [0.29, 0.717) is 17.6 Å². The monoisotopic (exact) mass is 378 g/mol. The summed E-state index contributed by atoms with van der Waals surface area (Å²) < 4.78 is 12.9. The summed E-state index contributed by atoms with van der Waals surface area (Å²) in [5.41, 5.74) is 0.567. The Labute approximate surface area is 158 Å². The first kappa shape index (κ1) is 19.2. The molecule has 2 fully saturated rings. The van der Waals surface area contributed by atoms with Crippen LogP contribution in [0.4, 0.5) is 10.1 Å². The number of piperidine rings is 1. The maximum absolute atomic E-state index is 12.9. The molecule has 3 atom stereocenters. The molecule has 0 radical (unpaired) electrons. The number of nitrogens with one attached hydrogen (secondary N) is 1. The molecule has 3 unspecified atom stereocenters. The highest BCUT2D eigenvalue weighted by Gasteiger charge is 2.37. The zero-order valence-corrected chi connectivity index (χ0v) is 16.1. The van der Waals surface area contributed by atoms with Crippen LogP contribution < -0.4 is 5.32 Å². The summed E-state index contributed by atoms with van der Waals surface area (Å²) in [5, 5.41) is 2.51. The maximum atomic E-state index is 12.9. The summed E-state index contributed by atoms with van der Waals surface area (Å²) in [5.74, 6) is 0.544. The van der Waals surface area contributed by atoms with Gasteiger partial charge in [0, 0.05) is 18.3 Å². The molecule has 4 nitrogen and oxygen atoms in total. The molecule has 3 rings (SSSR count). The molecule has 1 aliphatic carbocycles. The summed E-state index contributed by atoms with van der Waals surface area (Å²) in [6.45, 7) is 2.75. The first-order chi connectivity index (χ1) is 12.5. The fourth-order valence-electron chi connectivity index (χ4n) is 4.13. The van der Waals surface area contributed by atoms with Gasteiger partial charge in [-0.25, -0.2) is 4.39 Å². The number of hydrogen-bond acceptors (Lipinski definition) is 3. The number of anilines is 1. The van der Waals surface area contributed by atoms with Crippen molar-refractivity contribution >= 4 is 29.3 Å². The number of rotatable bonds is 5. The predicted octanol–water partition coefficient (Wildman–Crippen LogP) is 4.07. The number of thioether (sulfide) groups is 1. The van der Waals surface area contributed by atoms with Crippen molar-refractivity contribution in [1.82, 2.24) is 4.90 Å². The van der Waals surface area contributed by atoms with Gasteiger partial charge in [0.25, 0.3) is 0 Å². The molecule has 2 amide bonds. The second kappa shape index (κ2) is 8.89. The first-order valence-electron chi connectivity index (χ1n) is 9.52. The Balaban J connectivity index is 1.49. The number of nitrogens with zero attached hydrogens (tertiary/aromatic N) is 1. The third-order valence-corrected chi connectivity index (χ3v) is 6.60. The van der Waals surface area contributed by atoms with E-state index in [1.54, 1.807) is 0 Å². The van der Waals surface area contributed by atoms with Crippen molar-refractivity contribution in [2.45, 2.75) is 56.7 Å². The van der Waals surface area contributed by atoms with E-state index in [1.165, 1.54) is 61.7 Å². The van der Waals surface area contributed by atoms with E-state index in [0.717, 1.165) is 19.4 Å². The molecule has 0 spiro atoms. The van der Waals surface area contributed by atoms with Gasteiger partial charge in [0.2, 0.25) is 11.8 Å². The van der Waals surface area contributed by atoms with Gasteiger partial charge in [0.15, 0.2) is 0 Å². The summed E-state index contributed by atoms with van der Waals surface area (Å²) in [7, 11) is 0. The zero-order valence-electron chi connectivity index (χ0n) is 15.2. The van der Waals surface area contributed by atoms with Gasteiger partial charge < -0.3 is 10.2 Å². The highest BCUT2D eigenvalue weighted by molar-refractivity contribution is 8.01. The Morgan fingerprint density at radius 1 is 1.19 bits per heavy atom. The molecule has 6 heteroatoms. The minimum Gasteiger partial charge on any atom is -0.338 e. The van der Waals surface area contributed by atoms with Crippen LogP contribution in [0.3, 0.4) is 0 Å². The number of benzene rings is 1. The van der Waals surface area contributed by atoms with Crippen LogP contribution in [0.2, 0.25) is 0 Å². The second-order valence-electron chi connectivity index (χ2n) is 7.29. The highest BCUT2D eigenvalue weighted by atomic mass is 32.2. The van der Waals surface area contributed by atoms with E-state index in [2.05, 4.69) is 10.2 Å². The molecule has 1 saturated heterocycles. The van der Waals surface area contributed by atoms with Crippen molar-refractivity contribution in [2.24, 2.45) is 5.92 Å². The molecule has 26 heavy (non-hydrogen) atoms. The van der Waals surface area contributed by atoms with Crippen LogP contribution in [0.15, 0.2) is 24.3 Å². The van der Waals surface area contributed by atoms with Gasteiger partial charge in [-0.2, -0.15) is 0 Å². The molecule has 142 valence electrons. The van der Waals surface area contributed by atoms with E-state index in [1.807, 2.05) is 6.92 Å². The van der Waals surface area contributed by atoms with E-state index in [-0.39, 0.29) is 28.6 Å². The average Bonchev–Trinajstić information content (AvgIpc) is 2.67. The van der Waals surface area contributed by atoms with Gasteiger partial charge in [-0.1, -0.05) is 12.8 Å². The minimum absolute atomic E-state index is 0.168. The van der Waals surface area contributed by atoms with Crippen LogP contribution in [-0.2, 0) is 9.59 Å². The number of likely N-dealkylation sites (tertiary alicyclic amines) is 1. The SMILES string of the molecule is CC(SCC(=O)Nc1ccc(F)cc1)C(=O)N1CCCC2CCCCC21. The average molecular weight is 379 g/mol. The number of carbonyl (C=O) groups excluding carboxylic acids is 2. The second-order valence-corrected chi connectivity index (χ2v) is 8.62. The van der Waals surface area contributed by atoms with Gasteiger partial charge in [0.05, 0.1) is 11.0 Å². The lowest BCUT2D eigenvalue weighted by Gasteiger charge is -2.45. The molecule has 0 bridgehead atoms. The molecule has 1 N–H and O–H groups in total. The van der Waals surface area contributed by atoms with Crippen LogP contribution in [0.25, 0.3) is 0 Å². The third kappa shape index (κ3) is 4.78. The number of halogens is 1. The standard InChI is InChI=1S/C20H27FN2O2S/c1-14(26-13-19(24)22-17-10-8-16(21)9-11-17)20(25)23-12-4-6-15-5-2-3-7-18(15)23/h8-11,14-15,18H,2-7,12-13H2,1H3,(H,22,24). The Hall–Kier alpha value is -1.56. The van der Waals surface area contributed by atoms with Crippen LogP contribution in [0, 0.1) is 11.7 Å². The Morgan fingerprint density at radius 2 is 1.88 bits per heavy atom. The molecule has 1 saturated carbocycles. The molecular formula is C20H27FN2O2S. The largest absolute Gasteiger partial charge is 0.338 e. The van der Waals surface area contributed by atoms with Gasteiger partial charge in [0.1, 0.15) is 5.82 Å². The zero-order chi connectivity index (χ0) is 18.5. The van der Waals surface area contributed by atoms with Crippen molar-refractivity contribution < 1.29 is 14.0 Å². The van der Waals surface area contributed by atoms with Crippen molar-refractivity contribution in [1.29, 1.82) is 0 Å². The van der Waals surface area contributed by atoms with Gasteiger partial charge in [-0.05, 0) is 62.8 Å². The topological polar surface area (TPSA) is 49.4 Å². The molecule has 1 aromatic carbocycles. The van der Waals surface area contributed by atoms with Crippen molar-refractivity contribution in [2.75, 3.05) is 17.6 Å². The van der Waals surface area contributed by atoms with Crippen LogP contribution in [-0.4, -0.2) is 40.3 Å². The molecule has 1 heterocycles. The predicted molar refractivity (Wildman–Crippen MR) is 104 cm³/mol. The lowest BCUT2D eigenvalue weighted by molar-refractivity contribution is -0.136. The smallest absolute Gasteiger partial charge is 0.235 e. The van der Waals surface area contributed by atoms with Crippen LogP contribution in [0.1, 0.15) is 45.4 Å². The summed E-state index contributed by atoms with van der Waals surface area (Å²) in [6.07, 6.45) is 7.21. The molecule has 1 aromatic rings. The quantitative estimate of drug-likeness (QED) is 0.840. The summed E-state index contributed by atoms with van der Waals surface area (Å²) >= 11 is 1.37. The molecule has 0 aromatic heterocycles. The van der Waals surface area contributed by atoms with Gasteiger partial charge in [-0.15, -0.1) is 11.8 Å². The highest BCUT2D eigenvalue weighted by Crippen LogP contribution is 2.36. The lowest BCUT2D eigenvalue weighted by atomic mass is 9.78. The lowest BCUT2D eigenvalue weighted by Crippen LogP contribution is -2.51. The molecule has 2 aliphatic rings. The summed E-state index contributed by atoms with van der Waals surface area (Å²) in [4.78, 5) is 27.1. The van der Waals surface area contributed by atoms with E-state index < -0.39 is 0 Å². The van der Waals surface area contributed by atoms with Crippen molar-refractivity contribution in [3.05, 3.63) is 30.1 Å². The Bertz CT molecular complexity index is 635. The van der Waals surface area contributed by atoms with Crippen molar-refractivity contribution in [3.63, 3.8) is 0 Å². The fraction of sp³-hybridized carbons (Fsp3) is 0.600. The number of hydrogen-bond donors (Lipinski definition) is 1. The van der Waals surface area contributed by atoms with Crippen LogP contribution >= 0.6 is 11.8 Å². The van der Waals surface area contributed by atoms with E-state index in [9.17, 15) is 14.0 Å². The maximum Gasteiger partial charge on any atom is 0.235 e. The van der Waals surface area contributed by atoms with Gasteiger partial charge in [-0.3, -0.25) is 9.59 Å². The number of amides is 2. The number of fused-ring (bicyclic) bond motifs is 1. The first-order valence-corrected chi connectivity index (χ1v) is 10.6. The van der Waals surface area contributed by atoms with Crippen LogP contribution in [0.5, 0.6) is 0 Å². The molecular weight excluding hydrogens is 351 g/mol. The minimum atomic E-state index is -0.334. The van der Waals surface area contributed by atoms with E-state index >= 15 is 0 Å². The normalized spacial score (nSPS) is 23.8. The van der Waals surface area contributed by atoms with Gasteiger partial charge >= 0.3 is 0 Å². The number of carbonyl (C=O) groups is 2. The Morgan fingerprint density at radius 3 is 2.65 bits per heavy atom. The Kier molecular flexibility index (Phi) is 6.57. The molecule has 1 aliphatic heterocycles. The fourth-order valence-corrected chi connectivity index (χ4v) is 4.89. The van der Waals surface area contributed by atoms with E-state index in [4.69, 9.17) is 0 Å². The van der Waals surface area contributed by atoms with Crippen molar-refractivity contribution in [3.8, 4) is 0 Å².